The zero-order chi connectivity index (χ0) is 12.6. The lowest BCUT2D eigenvalue weighted by Crippen LogP contribution is -2.30. The zero-order valence-corrected chi connectivity index (χ0v) is 8.84. The standard InChI is InChI=1S/C9H11N5O3/c10-8(17)4-1-7(16)14(3-4)5-2-6(15)13-9(11)12-5/h2,4H,1,3H2,(H2,10,17)(H3,11,12,13,15). The van der Waals surface area contributed by atoms with Crippen LogP contribution in [0.3, 0.4) is 0 Å². The van der Waals surface area contributed by atoms with E-state index in [1.165, 1.54) is 4.90 Å². The van der Waals surface area contributed by atoms with Crippen LogP contribution in [-0.4, -0.2) is 28.3 Å². The second-order valence-electron chi connectivity index (χ2n) is 3.80. The minimum absolute atomic E-state index is 0.0315. The Labute approximate surface area is 95.6 Å². The van der Waals surface area contributed by atoms with E-state index in [2.05, 4.69) is 9.97 Å². The molecule has 0 radical (unpaired) electrons. The third-order valence-corrected chi connectivity index (χ3v) is 2.55. The van der Waals surface area contributed by atoms with Crippen LogP contribution in [0.1, 0.15) is 6.42 Å². The van der Waals surface area contributed by atoms with Crippen molar-refractivity contribution in [3.63, 3.8) is 0 Å². The van der Waals surface area contributed by atoms with Crippen molar-refractivity contribution < 1.29 is 9.59 Å². The van der Waals surface area contributed by atoms with Gasteiger partial charge in [0.1, 0.15) is 5.82 Å². The third kappa shape index (κ3) is 2.10. The van der Waals surface area contributed by atoms with E-state index in [1.807, 2.05) is 0 Å². The highest BCUT2D eigenvalue weighted by molar-refractivity contribution is 5.99. The van der Waals surface area contributed by atoms with Gasteiger partial charge in [0.25, 0.3) is 5.56 Å². The fraction of sp³-hybridized carbons (Fsp3) is 0.333. The molecule has 0 bridgehead atoms. The van der Waals surface area contributed by atoms with Crippen molar-refractivity contribution in [1.29, 1.82) is 0 Å². The van der Waals surface area contributed by atoms with E-state index in [0.717, 1.165) is 6.07 Å². The Bertz CT molecular complexity index is 538. The van der Waals surface area contributed by atoms with Crippen LogP contribution in [0.25, 0.3) is 0 Å². The van der Waals surface area contributed by atoms with E-state index in [0.29, 0.717) is 0 Å². The predicted octanol–water partition coefficient (Wildman–Crippen LogP) is -1.81. The van der Waals surface area contributed by atoms with Crippen LogP contribution in [0.5, 0.6) is 0 Å². The first-order valence-corrected chi connectivity index (χ1v) is 4.94. The number of nitrogens with zero attached hydrogens (tertiary/aromatic N) is 2. The van der Waals surface area contributed by atoms with Gasteiger partial charge < -0.3 is 11.5 Å². The molecule has 5 N–H and O–H groups in total. The second kappa shape index (κ2) is 3.89. The Morgan fingerprint density at radius 2 is 2.24 bits per heavy atom. The summed E-state index contributed by atoms with van der Waals surface area (Å²) in [6, 6.07) is 1.15. The summed E-state index contributed by atoms with van der Waals surface area (Å²) in [5.41, 5.74) is 10.0. The highest BCUT2D eigenvalue weighted by Gasteiger charge is 2.34. The number of hydrogen-bond acceptors (Lipinski definition) is 5. The molecule has 8 nitrogen and oxygen atoms in total. The SMILES string of the molecule is NC(=O)C1CC(=O)N(c2cc(=O)[nH]c(N)n2)C1. The predicted molar refractivity (Wildman–Crippen MR) is 58.9 cm³/mol. The molecule has 1 saturated heterocycles. The summed E-state index contributed by atoms with van der Waals surface area (Å²) in [6.45, 7) is 0.129. The van der Waals surface area contributed by atoms with Gasteiger partial charge in [-0.25, -0.2) is 0 Å². The average molecular weight is 237 g/mol. The molecule has 1 aliphatic heterocycles. The number of hydrogen-bond donors (Lipinski definition) is 3. The van der Waals surface area contributed by atoms with E-state index in [4.69, 9.17) is 11.5 Å². The van der Waals surface area contributed by atoms with Gasteiger partial charge in [0, 0.05) is 19.0 Å². The van der Waals surface area contributed by atoms with E-state index in [1.54, 1.807) is 0 Å². The number of H-pyrrole nitrogens is 1. The highest BCUT2D eigenvalue weighted by Crippen LogP contribution is 2.22. The van der Waals surface area contributed by atoms with E-state index >= 15 is 0 Å². The molecule has 1 aromatic rings. The van der Waals surface area contributed by atoms with Gasteiger partial charge in [-0.05, 0) is 0 Å². The molecule has 0 saturated carbocycles. The molecule has 1 aromatic heterocycles. The minimum atomic E-state index is -0.551. The van der Waals surface area contributed by atoms with Crippen LogP contribution < -0.4 is 21.9 Å². The molecule has 1 fully saturated rings. The summed E-state index contributed by atoms with van der Waals surface area (Å²) in [5.74, 6) is -1.34. The van der Waals surface area contributed by atoms with Gasteiger partial charge in [-0.15, -0.1) is 0 Å². The number of nitrogens with one attached hydrogen (secondary N) is 1. The first-order chi connectivity index (χ1) is 7.97. The summed E-state index contributed by atoms with van der Waals surface area (Å²) in [6.07, 6.45) is 0.0315. The Balaban J connectivity index is 2.32. The maximum absolute atomic E-state index is 11.6. The Morgan fingerprint density at radius 1 is 1.53 bits per heavy atom. The molecule has 90 valence electrons. The van der Waals surface area contributed by atoms with Gasteiger partial charge in [-0.2, -0.15) is 4.98 Å². The summed E-state index contributed by atoms with van der Waals surface area (Å²) >= 11 is 0. The van der Waals surface area contributed by atoms with Crippen molar-refractivity contribution in [2.45, 2.75) is 6.42 Å². The van der Waals surface area contributed by atoms with Crippen molar-refractivity contribution in [2.75, 3.05) is 17.2 Å². The Kier molecular flexibility index (Phi) is 2.54. The van der Waals surface area contributed by atoms with Crippen molar-refractivity contribution in [3.8, 4) is 0 Å². The summed E-state index contributed by atoms with van der Waals surface area (Å²) < 4.78 is 0. The zero-order valence-electron chi connectivity index (χ0n) is 8.84. The number of carbonyl (C=O) groups excluding carboxylic acids is 2. The molecular weight excluding hydrogens is 226 g/mol. The molecule has 17 heavy (non-hydrogen) atoms. The van der Waals surface area contributed by atoms with Gasteiger partial charge >= 0.3 is 0 Å². The van der Waals surface area contributed by atoms with Crippen LogP contribution in [0, 0.1) is 5.92 Å². The lowest BCUT2D eigenvalue weighted by Gasteiger charge is -2.14. The van der Waals surface area contributed by atoms with Gasteiger partial charge in [0.05, 0.1) is 5.92 Å². The minimum Gasteiger partial charge on any atom is -0.369 e. The molecule has 2 rings (SSSR count). The first kappa shape index (κ1) is 11.1. The molecule has 2 amide bonds. The number of nitrogen functional groups attached to an aromatic ring is 1. The molecular formula is C9H11N5O3. The fourth-order valence-electron chi connectivity index (χ4n) is 1.72. The number of rotatable bonds is 2. The van der Waals surface area contributed by atoms with Crippen molar-refractivity contribution in [3.05, 3.63) is 16.4 Å². The van der Waals surface area contributed by atoms with Crippen LogP contribution in [0.15, 0.2) is 10.9 Å². The highest BCUT2D eigenvalue weighted by atomic mass is 16.2. The van der Waals surface area contributed by atoms with Gasteiger partial charge in [0.2, 0.25) is 17.8 Å². The Morgan fingerprint density at radius 3 is 2.76 bits per heavy atom. The van der Waals surface area contributed by atoms with Crippen molar-refractivity contribution in [2.24, 2.45) is 11.7 Å². The van der Waals surface area contributed by atoms with Crippen molar-refractivity contribution >= 4 is 23.6 Å². The molecule has 8 heteroatoms. The molecule has 0 spiro atoms. The normalized spacial score (nSPS) is 19.6. The maximum Gasteiger partial charge on any atom is 0.254 e. The number of primary amides is 1. The van der Waals surface area contributed by atoms with Gasteiger partial charge in [-0.3, -0.25) is 24.3 Å². The number of nitrogens with two attached hydrogens (primary N) is 2. The van der Waals surface area contributed by atoms with Crippen LogP contribution >= 0.6 is 0 Å². The van der Waals surface area contributed by atoms with Crippen LogP contribution in [0.4, 0.5) is 11.8 Å². The van der Waals surface area contributed by atoms with E-state index in [-0.39, 0.29) is 30.6 Å². The third-order valence-electron chi connectivity index (χ3n) is 2.55. The topological polar surface area (TPSA) is 135 Å². The Hall–Kier alpha value is -2.38. The lowest BCUT2D eigenvalue weighted by atomic mass is 10.1. The molecule has 0 aromatic carbocycles. The fourth-order valence-corrected chi connectivity index (χ4v) is 1.72. The molecule has 2 heterocycles. The van der Waals surface area contributed by atoms with E-state index in [9.17, 15) is 14.4 Å². The number of aromatic amines is 1. The van der Waals surface area contributed by atoms with Crippen molar-refractivity contribution in [1.82, 2.24) is 9.97 Å². The first-order valence-electron chi connectivity index (χ1n) is 4.94. The maximum atomic E-state index is 11.6. The number of aromatic nitrogens is 2. The lowest BCUT2D eigenvalue weighted by molar-refractivity contribution is -0.123. The summed E-state index contributed by atoms with van der Waals surface area (Å²) in [7, 11) is 0. The summed E-state index contributed by atoms with van der Waals surface area (Å²) in [4.78, 5) is 41.1. The molecule has 1 aliphatic rings. The number of carbonyl (C=O) groups is 2. The molecule has 1 unspecified atom stereocenters. The summed E-state index contributed by atoms with van der Waals surface area (Å²) in [5, 5.41) is 0. The van der Waals surface area contributed by atoms with Crippen LogP contribution in [0.2, 0.25) is 0 Å². The van der Waals surface area contributed by atoms with E-state index < -0.39 is 17.4 Å². The van der Waals surface area contributed by atoms with Crippen LogP contribution in [-0.2, 0) is 9.59 Å². The quantitative estimate of drug-likeness (QED) is 0.557. The number of anilines is 2. The molecule has 0 aliphatic carbocycles. The monoisotopic (exact) mass is 237 g/mol. The average Bonchev–Trinajstić information content (AvgIpc) is 2.59. The number of amides is 2. The van der Waals surface area contributed by atoms with Gasteiger partial charge in [0.15, 0.2) is 0 Å². The smallest absolute Gasteiger partial charge is 0.254 e. The largest absolute Gasteiger partial charge is 0.369 e. The van der Waals surface area contributed by atoms with Gasteiger partial charge in [-0.1, -0.05) is 0 Å². The molecule has 1 atom stereocenters. The second-order valence-corrected chi connectivity index (χ2v) is 3.80.